The van der Waals surface area contributed by atoms with Crippen LogP contribution < -0.4 is 11.1 Å². The zero-order valence-electron chi connectivity index (χ0n) is 11.1. The van der Waals surface area contributed by atoms with Crippen molar-refractivity contribution in [3.8, 4) is 0 Å². The van der Waals surface area contributed by atoms with Gasteiger partial charge in [-0.2, -0.15) is 0 Å². The molecule has 1 aromatic heterocycles. The van der Waals surface area contributed by atoms with Crippen LogP contribution in [0.25, 0.3) is 0 Å². The Labute approximate surface area is 121 Å². The zero-order chi connectivity index (χ0) is 15.2. The van der Waals surface area contributed by atoms with Gasteiger partial charge in [-0.15, -0.1) is 0 Å². The number of nitrogens with zero attached hydrogens (tertiary/aromatic N) is 1. The molecule has 0 aliphatic heterocycles. The van der Waals surface area contributed by atoms with Crippen molar-refractivity contribution in [1.29, 1.82) is 0 Å². The van der Waals surface area contributed by atoms with Crippen LogP contribution in [0.2, 0.25) is 0 Å². The first-order valence-electron chi connectivity index (χ1n) is 6.32. The molecule has 0 spiro atoms. The van der Waals surface area contributed by atoms with E-state index >= 15 is 0 Å². The van der Waals surface area contributed by atoms with Gasteiger partial charge in [0.15, 0.2) is 0 Å². The minimum Gasteiger partial charge on any atom is -0.368 e. The molecule has 0 unspecified atom stereocenters. The van der Waals surface area contributed by atoms with Crippen LogP contribution in [0.5, 0.6) is 0 Å². The van der Waals surface area contributed by atoms with E-state index in [1.54, 1.807) is 24.3 Å². The van der Waals surface area contributed by atoms with Gasteiger partial charge in [-0.25, -0.2) is 4.39 Å². The van der Waals surface area contributed by atoms with Crippen LogP contribution in [0.15, 0.2) is 48.7 Å². The highest BCUT2D eigenvalue weighted by atomic mass is 19.1. The average molecular weight is 287 g/mol. The van der Waals surface area contributed by atoms with Crippen LogP contribution in [-0.2, 0) is 11.2 Å². The van der Waals surface area contributed by atoms with E-state index in [1.165, 1.54) is 24.4 Å². The number of nitrogens with one attached hydrogen (secondary N) is 1. The summed E-state index contributed by atoms with van der Waals surface area (Å²) in [6, 6.07) is 9.85. The summed E-state index contributed by atoms with van der Waals surface area (Å²) >= 11 is 0. The van der Waals surface area contributed by atoms with E-state index in [-0.39, 0.29) is 12.1 Å². The molecule has 1 heterocycles. The van der Waals surface area contributed by atoms with Crippen molar-refractivity contribution >= 4 is 11.8 Å². The van der Waals surface area contributed by atoms with Crippen molar-refractivity contribution in [1.82, 2.24) is 10.3 Å². The number of hydrogen-bond acceptors (Lipinski definition) is 3. The Balaban J connectivity index is 2.12. The molecule has 108 valence electrons. The number of benzene rings is 1. The number of amides is 2. The number of hydrogen-bond donors (Lipinski definition) is 2. The maximum Gasteiger partial charge on any atom is 0.270 e. The second-order valence-electron chi connectivity index (χ2n) is 4.44. The molecule has 0 saturated carbocycles. The van der Waals surface area contributed by atoms with Crippen molar-refractivity contribution in [3.63, 3.8) is 0 Å². The maximum atomic E-state index is 13.6. The molecule has 5 nitrogen and oxygen atoms in total. The quantitative estimate of drug-likeness (QED) is 0.862. The topological polar surface area (TPSA) is 85.1 Å². The van der Waals surface area contributed by atoms with Crippen LogP contribution in [-0.4, -0.2) is 22.8 Å². The summed E-state index contributed by atoms with van der Waals surface area (Å²) in [7, 11) is 0. The summed E-state index contributed by atoms with van der Waals surface area (Å²) in [6.07, 6.45) is 1.45. The van der Waals surface area contributed by atoms with Gasteiger partial charge in [0.05, 0.1) is 0 Å². The Morgan fingerprint density at radius 2 is 1.90 bits per heavy atom. The molecule has 0 aliphatic rings. The maximum absolute atomic E-state index is 13.6. The van der Waals surface area contributed by atoms with Gasteiger partial charge in [0, 0.05) is 12.6 Å². The van der Waals surface area contributed by atoms with E-state index in [0.717, 1.165) is 0 Å². The molecular formula is C15H14FN3O2. The van der Waals surface area contributed by atoms with E-state index < -0.39 is 23.7 Å². The number of primary amides is 1. The molecule has 2 amide bonds. The highest BCUT2D eigenvalue weighted by Gasteiger charge is 2.21. The molecule has 0 aliphatic carbocycles. The number of halogens is 1. The highest BCUT2D eigenvalue weighted by Crippen LogP contribution is 2.09. The van der Waals surface area contributed by atoms with Gasteiger partial charge < -0.3 is 11.1 Å². The van der Waals surface area contributed by atoms with Crippen molar-refractivity contribution < 1.29 is 14.0 Å². The van der Waals surface area contributed by atoms with Crippen molar-refractivity contribution in [2.24, 2.45) is 5.73 Å². The molecule has 6 heteroatoms. The summed E-state index contributed by atoms with van der Waals surface area (Å²) in [5.74, 6) is -1.71. The van der Waals surface area contributed by atoms with Gasteiger partial charge in [0.2, 0.25) is 5.91 Å². The van der Waals surface area contributed by atoms with Crippen LogP contribution >= 0.6 is 0 Å². The normalized spacial score (nSPS) is 11.7. The number of rotatable bonds is 5. The summed E-state index contributed by atoms with van der Waals surface area (Å²) in [5.41, 5.74) is 5.74. The molecule has 1 aromatic carbocycles. The molecule has 1 atom stereocenters. The van der Waals surface area contributed by atoms with E-state index in [9.17, 15) is 14.0 Å². The number of aromatic nitrogens is 1. The number of pyridine rings is 1. The summed E-state index contributed by atoms with van der Waals surface area (Å²) in [6.45, 7) is 0. The van der Waals surface area contributed by atoms with Gasteiger partial charge in [-0.3, -0.25) is 14.6 Å². The predicted molar refractivity (Wildman–Crippen MR) is 74.8 cm³/mol. The van der Waals surface area contributed by atoms with Crippen LogP contribution in [0, 0.1) is 5.82 Å². The van der Waals surface area contributed by atoms with Crippen molar-refractivity contribution in [3.05, 3.63) is 65.7 Å². The number of carbonyl (C=O) groups is 2. The average Bonchev–Trinajstić information content (AvgIpc) is 2.49. The molecule has 3 N–H and O–H groups in total. The van der Waals surface area contributed by atoms with Gasteiger partial charge in [-0.05, 0) is 23.8 Å². The first kappa shape index (κ1) is 14.6. The lowest BCUT2D eigenvalue weighted by Crippen LogP contribution is -2.46. The molecule has 2 aromatic rings. The fourth-order valence-electron chi connectivity index (χ4n) is 1.84. The Hall–Kier alpha value is -2.76. The summed E-state index contributed by atoms with van der Waals surface area (Å²) < 4.78 is 13.6. The molecule has 2 rings (SSSR count). The highest BCUT2D eigenvalue weighted by molar-refractivity contribution is 5.95. The Kier molecular flexibility index (Phi) is 4.61. The lowest BCUT2D eigenvalue weighted by molar-refractivity contribution is -0.119. The lowest BCUT2D eigenvalue weighted by atomic mass is 10.0. The number of nitrogens with two attached hydrogens (primary N) is 1. The number of carbonyl (C=O) groups excluding carboxylic acids is 2. The predicted octanol–water partition coefficient (Wildman–Crippen LogP) is 1.05. The van der Waals surface area contributed by atoms with Gasteiger partial charge in [0.25, 0.3) is 5.91 Å². The standard InChI is InChI=1S/C15H14FN3O2/c16-11-6-2-1-5-10(11)9-13(14(17)20)19-15(21)12-7-3-4-8-18-12/h1-8,13H,9H2,(H2,17,20)(H,19,21)/t13-/m1/s1. The molecule has 0 bridgehead atoms. The molecule has 0 radical (unpaired) electrons. The summed E-state index contributed by atoms with van der Waals surface area (Å²) in [5, 5.41) is 2.47. The first-order valence-corrected chi connectivity index (χ1v) is 6.32. The van der Waals surface area contributed by atoms with Gasteiger partial charge in [-0.1, -0.05) is 24.3 Å². The van der Waals surface area contributed by atoms with E-state index in [0.29, 0.717) is 5.56 Å². The Morgan fingerprint density at radius 3 is 2.52 bits per heavy atom. The van der Waals surface area contributed by atoms with Crippen molar-refractivity contribution in [2.75, 3.05) is 0 Å². The van der Waals surface area contributed by atoms with Crippen LogP contribution in [0.3, 0.4) is 0 Å². The fourth-order valence-corrected chi connectivity index (χ4v) is 1.84. The third kappa shape index (κ3) is 3.85. The monoisotopic (exact) mass is 287 g/mol. The third-order valence-corrected chi connectivity index (χ3v) is 2.93. The minimum atomic E-state index is -1.00. The van der Waals surface area contributed by atoms with Crippen LogP contribution in [0.4, 0.5) is 4.39 Å². The van der Waals surface area contributed by atoms with Gasteiger partial charge in [0.1, 0.15) is 17.6 Å². The van der Waals surface area contributed by atoms with Crippen molar-refractivity contribution in [2.45, 2.75) is 12.5 Å². The largest absolute Gasteiger partial charge is 0.368 e. The fraction of sp³-hybridized carbons (Fsp3) is 0.133. The molecule has 0 saturated heterocycles. The Morgan fingerprint density at radius 1 is 1.19 bits per heavy atom. The summed E-state index contributed by atoms with van der Waals surface area (Å²) in [4.78, 5) is 27.3. The SMILES string of the molecule is NC(=O)[C@@H](Cc1ccccc1F)NC(=O)c1ccccn1. The smallest absolute Gasteiger partial charge is 0.270 e. The molecule has 21 heavy (non-hydrogen) atoms. The lowest BCUT2D eigenvalue weighted by Gasteiger charge is -2.15. The van der Waals surface area contributed by atoms with E-state index in [4.69, 9.17) is 5.73 Å². The molecular weight excluding hydrogens is 273 g/mol. The third-order valence-electron chi connectivity index (χ3n) is 2.93. The van der Waals surface area contributed by atoms with E-state index in [1.807, 2.05) is 0 Å². The van der Waals surface area contributed by atoms with Crippen LogP contribution in [0.1, 0.15) is 16.1 Å². The first-order chi connectivity index (χ1) is 10.1. The minimum absolute atomic E-state index is 0.0133. The van der Waals surface area contributed by atoms with Gasteiger partial charge >= 0.3 is 0 Å². The van der Waals surface area contributed by atoms with E-state index in [2.05, 4.69) is 10.3 Å². The second-order valence-corrected chi connectivity index (χ2v) is 4.44. The zero-order valence-corrected chi connectivity index (χ0v) is 11.1. The second kappa shape index (κ2) is 6.60. The Bertz CT molecular complexity index is 646. The molecule has 0 fully saturated rings.